The van der Waals surface area contributed by atoms with Crippen LogP contribution in [0.2, 0.25) is 15.1 Å². The van der Waals surface area contributed by atoms with Crippen molar-refractivity contribution in [3.8, 4) is 5.75 Å². The fourth-order valence-electron chi connectivity index (χ4n) is 3.34. The van der Waals surface area contributed by atoms with Gasteiger partial charge in [0.2, 0.25) is 0 Å². The molecule has 0 N–H and O–H groups in total. The molecule has 1 amide bonds. The molecule has 0 saturated carbocycles. The van der Waals surface area contributed by atoms with Crippen molar-refractivity contribution in [2.75, 3.05) is 11.5 Å². The van der Waals surface area contributed by atoms with E-state index in [0.29, 0.717) is 32.9 Å². The predicted octanol–water partition coefficient (Wildman–Crippen LogP) is 7.52. The van der Waals surface area contributed by atoms with E-state index >= 15 is 0 Å². The minimum atomic E-state index is -0.155. The van der Waals surface area contributed by atoms with Crippen molar-refractivity contribution in [2.24, 2.45) is 0 Å². The number of hydrogen-bond donors (Lipinski definition) is 0. The maximum absolute atomic E-state index is 13.4. The molecular weight excluding hydrogens is 453 g/mol. The van der Waals surface area contributed by atoms with Gasteiger partial charge < -0.3 is 4.74 Å². The summed E-state index contributed by atoms with van der Waals surface area (Å²) in [5.41, 5.74) is 3.68. The summed E-state index contributed by atoms with van der Waals surface area (Å²) in [5.74, 6) is 0.634. The fourth-order valence-corrected chi connectivity index (χ4v) is 3.75. The SMILES string of the molecule is CCOc1ccc(/C=C2\C=C(c3ccc(Cl)cc3)N(c3ccc(Cl)c(Cl)c3)C2=O)cc1. The Morgan fingerprint density at radius 3 is 2.26 bits per heavy atom. The van der Waals surface area contributed by atoms with Gasteiger partial charge in [-0.2, -0.15) is 0 Å². The molecule has 4 rings (SSSR count). The van der Waals surface area contributed by atoms with Gasteiger partial charge in [-0.3, -0.25) is 9.69 Å². The van der Waals surface area contributed by atoms with Gasteiger partial charge in [0, 0.05) is 10.6 Å². The number of carbonyl (C=O) groups is 1. The van der Waals surface area contributed by atoms with Gasteiger partial charge in [-0.1, -0.05) is 59.1 Å². The molecule has 1 aliphatic rings. The van der Waals surface area contributed by atoms with Crippen LogP contribution < -0.4 is 9.64 Å². The molecule has 0 aromatic heterocycles. The first-order valence-corrected chi connectivity index (χ1v) is 10.8. The number of ether oxygens (including phenoxy) is 1. The van der Waals surface area contributed by atoms with Gasteiger partial charge in [0.1, 0.15) is 5.75 Å². The average molecular weight is 471 g/mol. The van der Waals surface area contributed by atoms with Crippen molar-refractivity contribution in [3.05, 3.63) is 105 Å². The lowest BCUT2D eigenvalue weighted by atomic mass is 10.1. The minimum Gasteiger partial charge on any atom is -0.494 e. The van der Waals surface area contributed by atoms with Crippen LogP contribution in [0.1, 0.15) is 18.1 Å². The molecule has 0 unspecified atom stereocenters. The Bertz CT molecular complexity index is 1180. The summed E-state index contributed by atoms with van der Waals surface area (Å²) in [5, 5.41) is 1.44. The number of carbonyl (C=O) groups excluding carboxylic acids is 1. The molecule has 0 fully saturated rings. The molecule has 156 valence electrons. The molecule has 1 heterocycles. The minimum absolute atomic E-state index is 0.155. The molecule has 0 radical (unpaired) electrons. The van der Waals surface area contributed by atoms with Crippen LogP contribution in [0.3, 0.4) is 0 Å². The smallest absolute Gasteiger partial charge is 0.262 e. The number of benzene rings is 3. The largest absolute Gasteiger partial charge is 0.494 e. The Balaban J connectivity index is 1.77. The van der Waals surface area contributed by atoms with Crippen LogP contribution in [-0.4, -0.2) is 12.5 Å². The topological polar surface area (TPSA) is 29.5 Å². The molecule has 0 spiro atoms. The first kappa shape index (κ1) is 21.5. The van der Waals surface area contributed by atoms with E-state index in [2.05, 4.69) is 0 Å². The van der Waals surface area contributed by atoms with E-state index in [1.54, 1.807) is 35.2 Å². The molecule has 0 aliphatic carbocycles. The van der Waals surface area contributed by atoms with Crippen LogP contribution in [0.5, 0.6) is 5.75 Å². The molecule has 3 aromatic carbocycles. The Morgan fingerprint density at radius 2 is 1.61 bits per heavy atom. The Labute approximate surface area is 196 Å². The highest BCUT2D eigenvalue weighted by Crippen LogP contribution is 2.38. The molecule has 0 saturated heterocycles. The van der Waals surface area contributed by atoms with Gasteiger partial charge in [-0.15, -0.1) is 0 Å². The van der Waals surface area contributed by atoms with Crippen LogP contribution in [0.4, 0.5) is 5.69 Å². The van der Waals surface area contributed by atoms with Crippen LogP contribution in [0.25, 0.3) is 11.8 Å². The third-order valence-electron chi connectivity index (χ3n) is 4.80. The Morgan fingerprint density at radius 1 is 0.903 bits per heavy atom. The monoisotopic (exact) mass is 469 g/mol. The first-order valence-electron chi connectivity index (χ1n) is 9.68. The number of halogens is 3. The number of anilines is 1. The summed E-state index contributed by atoms with van der Waals surface area (Å²) in [6.07, 6.45) is 3.72. The van der Waals surface area contributed by atoms with E-state index in [1.165, 1.54) is 0 Å². The standard InChI is InChI=1S/C25H18Cl3NO2/c1-2-31-21-10-3-16(4-11-21)13-18-14-24(17-5-7-19(26)8-6-17)29(25(18)30)20-9-12-22(27)23(28)15-20/h3-15H,2H2,1H3/b18-13+. The third-order valence-corrected chi connectivity index (χ3v) is 5.79. The van der Waals surface area contributed by atoms with E-state index in [9.17, 15) is 4.79 Å². The van der Waals surface area contributed by atoms with Crippen LogP contribution in [0.15, 0.2) is 78.4 Å². The highest BCUT2D eigenvalue weighted by molar-refractivity contribution is 6.42. The van der Waals surface area contributed by atoms with E-state index in [4.69, 9.17) is 39.5 Å². The summed E-state index contributed by atoms with van der Waals surface area (Å²) in [4.78, 5) is 15.0. The van der Waals surface area contributed by atoms with Gasteiger partial charge in [0.15, 0.2) is 0 Å². The first-order chi connectivity index (χ1) is 15.0. The normalized spacial score (nSPS) is 14.8. The van der Waals surface area contributed by atoms with Gasteiger partial charge in [-0.05, 0) is 72.7 Å². The molecule has 1 aliphatic heterocycles. The van der Waals surface area contributed by atoms with Crippen molar-refractivity contribution in [2.45, 2.75) is 6.92 Å². The lowest BCUT2D eigenvalue weighted by Crippen LogP contribution is -2.24. The Hall–Kier alpha value is -2.72. The second-order valence-electron chi connectivity index (χ2n) is 6.88. The highest BCUT2D eigenvalue weighted by Gasteiger charge is 2.30. The summed E-state index contributed by atoms with van der Waals surface area (Å²) in [6.45, 7) is 2.54. The third kappa shape index (κ3) is 4.64. The van der Waals surface area contributed by atoms with Crippen molar-refractivity contribution in [1.29, 1.82) is 0 Å². The lowest BCUT2D eigenvalue weighted by molar-refractivity contribution is -0.113. The quantitative estimate of drug-likeness (QED) is 0.361. The van der Waals surface area contributed by atoms with Crippen LogP contribution in [0, 0.1) is 0 Å². The lowest BCUT2D eigenvalue weighted by Gasteiger charge is -2.21. The molecule has 6 heteroatoms. The van der Waals surface area contributed by atoms with Gasteiger partial charge in [-0.25, -0.2) is 0 Å². The average Bonchev–Trinajstić information content (AvgIpc) is 3.08. The van der Waals surface area contributed by atoms with Crippen molar-refractivity contribution < 1.29 is 9.53 Å². The summed E-state index contributed by atoms with van der Waals surface area (Å²) >= 11 is 18.4. The second kappa shape index (κ2) is 9.19. The molecular formula is C25H18Cl3NO2. The zero-order valence-electron chi connectivity index (χ0n) is 16.6. The zero-order valence-corrected chi connectivity index (χ0v) is 18.9. The molecule has 31 heavy (non-hydrogen) atoms. The number of nitrogens with zero attached hydrogens (tertiary/aromatic N) is 1. The number of amides is 1. The highest BCUT2D eigenvalue weighted by atomic mass is 35.5. The van der Waals surface area contributed by atoms with Gasteiger partial charge in [0.05, 0.1) is 28.0 Å². The van der Waals surface area contributed by atoms with E-state index in [0.717, 1.165) is 22.6 Å². The summed E-state index contributed by atoms with van der Waals surface area (Å²) in [6, 6.07) is 20.1. The van der Waals surface area contributed by atoms with Crippen LogP contribution in [-0.2, 0) is 4.79 Å². The zero-order chi connectivity index (χ0) is 22.0. The Kier molecular flexibility index (Phi) is 6.38. The molecule has 3 nitrogen and oxygen atoms in total. The predicted molar refractivity (Wildman–Crippen MR) is 129 cm³/mol. The van der Waals surface area contributed by atoms with Crippen LogP contribution >= 0.6 is 34.8 Å². The van der Waals surface area contributed by atoms with Crippen molar-refractivity contribution in [3.63, 3.8) is 0 Å². The maximum atomic E-state index is 13.4. The second-order valence-corrected chi connectivity index (χ2v) is 8.13. The van der Waals surface area contributed by atoms with Gasteiger partial charge >= 0.3 is 0 Å². The van der Waals surface area contributed by atoms with E-state index < -0.39 is 0 Å². The number of hydrogen-bond acceptors (Lipinski definition) is 2. The molecule has 0 bridgehead atoms. The van der Waals surface area contributed by atoms with Crippen molar-refractivity contribution in [1.82, 2.24) is 0 Å². The molecule has 3 aromatic rings. The fraction of sp³-hybridized carbons (Fsp3) is 0.0800. The van der Waals surface area contributed by atoms with E-state index in [-0.39, 0.29) is 5.91 Å². The summed E-state index contributed by atoms with van der Waals surface area (Å²) in [7, 11) is 0. The maximum Gasteiger partial charge on any atom is 0.262 e. The van der Waals surface area contributed by atoms with Crippen molar-refractivity contribution >= 4 is 58.2 Å². The number of rotatable bonds is 5. The van der Waals surface area contributed by atoms with Gasteiger partial charge in [0.25, 0.3) is 5.91 Å². The van der Waals surface area contributed by atoms with E-state index in [1.807, 2.05) is 55.5 Å². The summed E-state index contributed by atoms with van der Waals surface area (Å²) < 4.78 is 5.49. The molecule has 0 atom stereocenters.